The van der Waals surface area contributed by atoms with Gasteiger partial charge in [-0.2, -0.15) is 0 Å². The van der Waals surface area contributed by atoms with Gasteiger partial charge in [0.15, 0.2) is 0 Å². The Bertz CT molecular complexity index is 899. The monoisotopic (exact) mass is 440 g/mol. The van der Waals surface area contributed by atoms with Crippen molar-refractivity contribution in [3.63, 3.8) is 0 Å². The molecule has 0 saturated heterocycles. The summed E-state index contributed by atoms with van der Waals surface area (Å²) in [6.45, 7) is 5.24. The standard InChI is InChI=1S/C28H34F2O2/c1-3-5-14-32-24-11-8-19(9-12-24)28-26(29)17-23(18-27(28)30)21-6-7-22-16-25(31-4-2)13-10-20(22)15-21/h3,5,8-9,11-12,17-18,20-22,25H,4,6-7,10,13-16H2,1-2H3/b5-3+. The third-order valence-electron chi connectivity index (χ3n) is 7.23. The van der Waals surface area contributed by atoms with Crippen molar-refractivity contribution in [1.29, 1.82) is 0 Å². The quantitative estimate of drug-likeness (QED) is 0.411. The molecule has 2 aromatic carbocycles. The maximum atomic E-state index is 15.1. The molecule has 32 heavy (non-hydrogen) atoms. The van der Waals surface area contributed by atoms with Crippen molar-refractivity contribution in [3.05, 3.63) is 65.7 Å². The molecule has 0 spiro atoms. The lowest BCUT2D eigenvalue weighted by molar-refractivity contribution is -0.00957. The van der Waals surface area contributed by atoms with Gasteiger partial charge in [-0.25, -0.2) is 8.78 Å². The van der Waals surface area contributed by atoms with Crippen LogP contribution in [0.1, 0.15) is 63.9 Å². The van der Waals surface area contributed by atoms with E-state index in [4.69, 9.17) is 9.47 Å². The van der Waals surface area contributed by atoms with Crippen molar-refractivity contribution in [2.75, 3.05) is 13.2 Å². The van der Waals surface area contributed by atoms with Crippen LogP contribution < -0.4 is 4.74 Å². The molecule has 4 heteroatoms. The molecule has 2 fully saturated rings. The lowest BCUT2D eigenvalue weighted by Gasteiger charge is -2.42. The first-order chi connectivity index (χ1) is 15.6. The Labute approximate surface area is 190 Å². The average Bonchev–Trinajstić information content (AvgIpc) is 2.79. The number of allylic oxidation sites excluding steroid dienone is 1. The molecule has 2 aromatic rings. The second-order valence-electron chi connectivity index (χ2n) is 9.18. The van der Waals surface area contributed by atoms with Gasteiger partial charge in [0.05, 0.1) is 11.7 Å². The fourth-order valence-corrected chi connectivity index (χ4v) is 5.60. The molecule has 0 aromatic heterocycles. The molecule has 2 aliphatic rings. The molecule has 4 rings (SSSR count). The number of fused-ring (bicyclic) bond motifs is 1. The van der Waals surface area contributed by atoms with Gasteiger partial charge in [-0.3, -0.25) is 0 Å². The van der Waals surface area contributed by atoms with Gasteiger partial charge in [0.1, 0.15) is 24.0 Å². The Morgan fingerprint density at radius 2 is 1.62 bits per heavy atom. The van der Waals surface area contributed by atoms with Crippen LogP contribution >= 0.6 is 0 Å². The van der Waals surface area contributed by atoms with Gasteiger partial charge in [0.25, 0.3) is 0 Å². The number of rotatable bonds is 7. The van der Waals surface area contributed by atoms with E-state index in [1.807, 2.05) is 19.1 Å². The van der Waals surface area contributed by atoms with Crippen molar-refractivity contribution in [2.45, 2.75) is 64.4 Å². The second kappa shape index (κ2) is 10.6. The molecule has 4 atom stereocenters. The molecule has 172 valence electrons. The van der Waals surface area contributed by atoms with Gasteiger partial charge >= 0.3 is 0 Å². The van der Waals surface area contributed by atoms with Crippen LogP contribution in [-0.2, 0) is 4.74 Å². The second-order valence-corrected chi connectivity index (χ2v) is 9.18. The van der Waals surface area contributed by atoms with E-state index >= 15 is 8.78 Å². The predicted octanol–water partition coefficient (Wildman–Crippen LogP) is 7.68. The number of ether oxygens (including phenoxy) is 2. The molecule has 4 unspecified atom stereocenters. The Balaban J connectivity index is 1.45. The maximum Gasteiger partial charge on any atom is 0.134 e. The van der Waals surface area contributed by atoms with Crippen molar-refractivity contribution < 1.29 is 18.3 Å². The number of hydrogen-bond acceptors (Lipinski definition) is 2. The molecule has 2 aliphatic carbocycles. The maximum absolute atomic E-state index is 15.1. The summed E-state index contributed by atoms with van der Waals surface area (Å²) in [5.74, 6) is 1.29. The first-order valence-electron chi connectivity index (χ1n) is 12.0. The Morgan fingerprint density at radius 1 is 0.938 bits per heavy atom. The van der Waals surface area contributed by atoms with Gasteiger partial charge in [-0.05, 0) is 106 Å². The lowest BCUT2D eigenvalue weighted by Crippen LogP contribution is -2.33. The van der Waals surface area contributed by atoms with E-state index < -0.39 is 11.6 Å². The smallest absolute Gasteiger partial charge is 0.134 e. The zero-order valence-electron chi connectivity index (χ0n) is 19.2. The van der Waals surface area contributed by atoms with Gasteiger partial charge in [-0.15, -0.1) is 0 Å². The van der Waals surface area contributed by atoms with Crippen molar-refractivity contribution in [1.82, 2.24) is 0 Å². The van der Waals surface area contributed by atoms with E-state index in [0.717, 1.165) is 50.7 Å². The van der Waals surface area contributed by atoms with Crippen LogP contribution in [0.15, 0.2) is 48.6 Å². The molecule has 0 radical (unpaired) electrons. The zero-order valence-corrected chi connectivity index (χ0v) is 19.2. The van der Waals surface area contributed by atoms with Crippen molar-refractivity contribution in [3.8, 4) is 16.9 Å². The van der Waals surface area contributed by atoms with E-state index in [9.17, 15) is 0 Å². The van der Waals surface area contributed by atoms with Crippen LogP contribution in [0.4, 0.5) is 8.78 Å². The van der Waals surface area contributed by atoms with E-state index in [1.54, 1.807) is 36.4 Å². The molecule has 2 saturated carbocycles. The highest BCUT2D eigenvalue weighted by Crippen LogP contribution is 2.47. The van der Waals surface area contributed by atoms with Gasteiger partial charge in [-0.1, -0.05) is 24.3 Å². The first-order valence-corrected chi connectivity index (χ1v) is 12.0. The Morgan fingerprint density at radius 3 is 2.31 bits per heavy atom. The van der Waals surface area contributed by atoms with Crippen LogP contribution in [0.25, 0.3) is 11.1 Å². The number of benzene rings is 2. The minimum absolute atomic E-state index is 0.0414. The highest BCUT2D eigenvalue weighted by molar-refractivity contribution is 5.66. The number of hydrogen-bond donors (Lipinski definition) is 0. The van der Waals surface area contributed by atoms with Gasteiger partial charge in [0.2, 0.25) is 0 Å². The topological polar surface area (TPSA) is 18.5 Å². The van der Waals surface area contributed by atoms with Crippen LogP contribution in [0.2, 0.25) is 0 Å². The van der Waals surface area contributed by atoms with Gasteiger partial charge in [0, 0.05) is 6.61 Å². The minimum Gasteiger partial charge on any atom is -0.490 e. The van der Waals surface area contributed by atoms with E-state index in [0.29, 0.717) is 35.9 Å². The zero-order chi connectivity index (χ0) is 22.5. The summed E-state index contributed by atoms with van der Waals surface area (Å²) >= 11 is 0. The molecular formula is C28H34F2O2. The van der Waals surface area contributed by atoms with Crippen LogP contribution in [0, 0.1) is 23.5 Å². The molecule has 2 nitrogen and oxygen atoms in total. The normalized spacial score (nSPS) is 25.6. The highest BCUT2D eigenvalue weighted by Gasteiger charge is 2.36. The van der Waals surface area contributed by atoms with Crippen molar-refractivity contribution >= 4 is 0 Å². The summed E-state index contributed by atoms with van der Waals surface area (Å²) in [6.07, 6.45) is 10.8. The third-order valence-corrected chi connectivity index (χ3v) is 7.23. The fourth-order valence-electron chi connectivity index (χ4n) is 5.60. The summed E-state index contributed by atoms with van der Waals surface area (Å²) in [5.41, 5.74) is 1.38. The summed E-state index contributed by atoms with van der Waals surface area (Å²) in [4.78, 5) is 0. The van der Waals surface area contributed by atoms with E-state index in [1.165, 1.54) is 0 Å². The molecule has 0 amide bonds. The molecule has 0 heterocycles. The Kier molecular flexibility index (Phi) is 7.62. The van der Waals surface area contributed by atoms with Crippen molar-refractivity contribution in [2.24, 2.45) is 11.8 Å². The van der Waals surface area contributed by atoms with Crippen LogP contribution in [0.5, 0.6) is 5.75 Å². The molecule has 0 N–H and O–H groups in total. The third kappa shape index (κ3) is 5.23. The lowest BCUT2D eigenvalue weighted by atomic mass is 9.65. The molecular weight excluding hydrogens is 406 g/mol. The number of halogens is 2. The summed E-state index contributed by atoms with van der Waals surface area (Å²) in [6, 6.07) is 10.1. The molecule has 0 bridgehead atoms. The average molecular weight is 441 g/mol. The minimum atomic E-state index is -0.482. The largest absolute Gasteiger partial charge is 0.490 e. The summed E-state index contributed by atoms with van der Waals surface area (Å²) < 4.78 is 41.6. The molecule has 0 aliphatic heterocycles. The summed E-state index contributed by atoms with van der Waals surface area (Å²) in [7, 11) is 0. The van der Waals surface area contributed by atoms with E-state index in [2.05, 4.69) is 6.92 Å². The SMILES string of the molecule is C/C=C/COc1ccc(-c2c(F)cc(C3CCC4CC(OCC)CCC4C3)cc2F)cc1. The van der Waals surface area contributed by atoms with Crippen LogP contribution in [-0.4, -0.2) is 19.3 Å². The van der Waals surface area contributed by atoms with E-state index in [-0.39, 0.29) is 11.5 Å². The Hall–Kier alpha value is -2.20. The van der Waals surface area contributed by atoms with Gasteiger partial charge < -0.3 is 9.47 Å². The first kappa shape index (κ1) is 23.0. The van der Waals surface area contributed by atoms with Crippen LogP contribution in [0.3, 0.4) is 0 Å². The predicted molar refractivity (Wildman–Crippen MR) is 125 cm³/mol. The summed E-state index contributed by atoms with van der Waals surface area (Å²) in [5, 5.41) is 0. The highest BCUT2D eigenvalue weighted by atomic mass is 19.1. The fraction of sp³-hybridized carbons (Fsp3) is 0.500.